The maximum atomic E-state index is 12.1. The Morgan fingerprint density at radius 2 is 1.56 bits per heavy atom. The molecule has 4 heteroatoms. The molecule has 0 aromatic heterocycles. The third-order valence-electron chi connectivity index (χ3n) is 3.95. The number of hydrogen-bond donors (Lipinski definition) is 2. The van der Waals surface area contributed by atoms with Crippen LogP contribution in [0.3, 0.4) is 0 Å². The summed E-state index contributed by atoms with van der Waals surface area (Å²) in [6.45, 7) is 9.77. The van der Waals surface area contributed by atoms with Gasteiger partial charge in [0.25, 0.3) is 0 Å². The molecule has 0 rings (SSSR count). The first-order valence-corrected chi connectivity index (χ1v) is 6.92. The molecule has 0 aliphatic heterocycles. The highest BCUT2D eigenvalue weighted by atomic mass is 16.4. The molecule has 0 fully saturated rings. The highest BCUT2D eigenvalue weighted by Gasteiger charge is 2.29. The fraction of sp³-hybridized carbons (Fsp3) is 0.857. The fourth-order valence-electron chi connectivity index (χ4n) is 2.18. The quantitative estimate of drug-likeness (QED) is 0.702. The molecule has 0 spiro atoms. The van der Waals surface area contributed by atoms with Gasteiger partial charge in [-0.1, -0.05) is 53.9 Å². The molecule has 0 saturated heterocycles. The lowest BCUT2D eigenvalue weighted by Gasteiger charge is -2.25. The van der Waals surface area contributed by atoms with Gasteiger partial charge in [0.2, 0.25) is 5.91 Å². The molecule has 0 aliphatic carbocycles. The lowest BCUT2D eigenvalue weighted by Crippen LogP contribution is -2.47. The highest BCUT2D eigenvalue weighted by molar-refractivity contribution is 5.85. The summed E-state index contributed by atoms with van der Waals surface area (Å²) in [6, 6.07) is -0.778. The molecule has 1 amide bonds. The second-order valence-electron chi connectivity index (χ2n) is 5.08. The summed E-state index contributed by atoms with van der Waals surface area (Å²) in [6.07, 6.45) is 2.61. The monoisotopic (exact) mass is 257 g/mol. The lowest BCUT2D eigenvalue weighted by atomic mass is 9.88. The van der Waals surface area contributed by atoms with Crippen molar-refractivity contribution in [1.29, 1.82) is 0 Å². The van der Waals surface area contributed by atoms with Crippen molar-refractivity contribution in [2.75, 3.05) is 0 Å². The van der Waals surface area contributed by atoms with Gasteiger partial charge in [0.05, 0.1) is 0 Å². The summed E-state index contributed by atoms with van der Waals surface area (Å²) in [5.74, 6) is -0.964. The molecule has 0 saturated carbocycles. The lowest BCUT2D eigenvalue weighted by molar-refractivity contribution is -0.144. The Balaban J connectivity index is 4.64. The number of aliphatic carboxylic acids is 1. The minimum absolute atomic E-state index is 0.0552. The van der Waals surface area contributed by atoms with E-state index in [4.69, 9.17) is 5.11 Å². The molecule has 0 bridgehead atoms. The van der Waals surface area contributed by atoms with Gasteiger partial charge in [-0.15, -0.1) is 0 Å². The van der Waals surface area contributed by atoms with Crippen LogP contribution >= 0.6 is 0 Å². The Kier molecular flexibility index (Phi) is 7.64. The van der Waals surface area contributed by atoms with Crippen molar-refractivity contribution in [3.63, 3.8) is 0 Å². The van der Waals surface area contributed by atoms with Crippen LogP contribution in [-0.2, 0) is 9.59 Å². The molecule has 0 aromatic carbocycles. The van der Waals surface area contributed by atoms with Gasteiger partial charge in [-0.3, -0.25) is 4.79 Å². The van der Waals surface area contributed by atoms with Crippen molar-refractivity contribution in [3.05, 3.63) is 0 Å². The highest BCUT2D eigenvalue weighted by Crippen LogP contribution is 2.20. The average molecular weight is 257 g/mol. The van der Waals surface area contributed by atoms with Gasteiger partial charge < -0.3 is 10.4 Å². The number of carbonyl (C=O) groups is 2. The largest absolute Gasteiger partial charge is 0.480 e. The molecule has 106 valence electrons. The Labute approximate surface area is 110 Å². The van der Waals surface area contributed by atoms with Crippen molar-refractivity contribution in [1.82, 2.24) is 5.32 Å². The van der Waals surface area contributed by atoms with Crippen LogP contribution in [0.1, 0.15) is 53.9 Å². The van der Waals surface area contributed by atoms with Gasteiger partial charge in [-0.25, -0.2) is 4.79 Å². The molecular formula is C14H27NO3. The van der Waals surface area contributed by atoms with Gasteiger partial charge in [0, 0.05) is 5.92 Å². The van der Waals surface area contributed by atoms with E-state index in [9.17, 15) is 9.59 Å². The summed E-state index contributed by atoms with van der Waals surface area (Å²) in [5, 5.41) is 11.8. The van der Waals surface area contributed by atoms with E-state index in [1.807, 2.05) is 20.8 Å². The number of carboxylic acid groups (broad SMARTS) is 1. The summed E-state index contributed by atoms with van der Waals surface area (Å²) in [5.41, 5.74) is 0. The molecule has 3 atom stereocenters. The zero-order valence-corrected chi connectivity index (χ0v) is 12.2. The molecule has 0 aliphatic rings. The van der Waals surface area contributed by atoms with Crippen LogP contribution in [0.25, 0.3) is 0 Å². The van der Waals surface area contributed by atoms with E-state index in [2.05, 4.69) is 19.2 Å². The van der Waals surface area contributed by atoms with Gasteiger partial charge in [-0.05, 0) is 11.8 Å². The van der Waals surface area contributed by atoms with Gasteiger partial charge in [-0.2, -0.15) is 0 Å². The van der Waals surface area contributed by atoms with Gasteiger partial charge in [0.1, 0.15) is 6.04 Å². The maximum absolute atomic E-state index is 12.1. The van der Waals surface area contributed by atoms with E-state index in [1.165, 1.54) is 0 Å². The molecule has 3 unspecified atom stereocenters. The van der Waals surface area contributed by atoms with E-state index in [1.54, 1.807) is 0 Å². The molecule has 0 radical (unpaired) electrons. The minimum Gasteiger partial charge on any atom is -0.480 e. The van der Waals surface area contributed by atoms with Crippen molar-refractivity contribution in [2.24, 2.45) is 17.8 Å². The predicted molar refractivity (Wildman–Crippen MR) is 72.3 cm³/mol. The molecule has 0 aromatic rings. The molecule has 18 heavy (non-hydrogen) atoms. The molecule has 0 heterocycles. The van der Waals surface area contributed by atoms with Crippen molar-refractivity contribution >= 4 is 11.9 Å². The zero-order chi connectivity index (χ0) is 14.3. The van der Waals surface area contributed by atoms with Crippen molar-refractivity contribution < 1.29 is 14.7 Å². The number of carboxylic acids is 1. The second-order valence-corrected chi connectivity index (χ2v) is 5.08. The number of amides is 1. The standard InChI is InChI=1S/C14H27NO3/c1-6-9(4)12(14(17)18)15-13(16)10(5)11(7-2)8-3/h9-12H,6-8H2,1-5H3,(H,15,16)(H,17,18). The van der Waals surface area contributed by atoms with E-state index in [0.29, 0.717) is 5.92 Å². The van der Waals surface area contributed by atoms with E-state index in [-0.39, 0.29) is 17.7 Å². The van der Waals surface area contributed by atoms with Crippen molar-refractivity contribution in [3.8, 4) is 0 Å². The number of rotatable bonds is 8. The SMILES string of the molecule is CCC(C)C(NC(=O)C(C)C(CC)CC)C(=O)O. The summed E-state index contributed by atoms with van der Waals surface area (Å²) in [4.78, 5) is 23.2. The number of nitrogens with one attached hydrogen (secondary N) is 1. The third-order valence-corrected chi connectivity index (χ3v) is 3.95. The Morgan fingerprint density at radius 1 is 1.06 bits per heavy atom. The minimum atomic E-state index is -0.950. The van der Waals surface area contributed by atoms with Crippen LogP contribution in [0.15, 0.2) is 0 Å². The Bertz CT molecular complexity index is 274. The Hall–Kier alpha value is -1.06. The van der Waals surface area contributed by atoms with Crippen LogP contribution in [-0.4, -0.2) is 23.0 Å². The van der Waals surface area contributed by atoms with Crippen LogP contribution < -0.4 is 5.32 Å². The van der Waals surface area contributed by atoms with E-state index >= 15 is 0 Å². The number of hydrogen-bond acceptors (Lipinski definition) is 2. The van der Waals surface area contributed by atoms with Crippen LogP contribution in [0.2, 0.25) is 0 Å². The maximum Gasteiger partial charge on any atom is 0.326 e. The van der Waals surface area contributed by atoms with Gasteiger partial charge >= 0.3 is 5.97 Å². The first-order valence-electron chi connectivity index (χ1n) is 6.92. The second kappa shape index (κ2) is 8.11. The molecular weight excluding hydrogens is 230 g/mol. The summed E-state index contributed by atoms with van der Waals surface area (Å²) in [7, 11) is 0. The Morgan fingerprint density at radius 3 is 1.89 bits per heavy atom. The van der Waals surface area contributed by atoms with Crippen molar-refractivity contribution in [2.45, 2.75) is 59.9 Å². The van der Waals surface area contributed by atoms with Crippen LogP contribution in [0.5, 0.6) is 0 Å². The summed E-state index contributed by atoms with van der Waals surface area (Å²) >= 11 is 0. The summed E-state index contributed by atoms with van der Waals surface area (Å²) < 4.78 is 0. The average Bonchev–Trinajstić information content (AvgIpc) is 2.35. The van der Waals surface area contributed by atoms with E-state index in [0.717, 1.165) is 19.3 Å². The fourth-order valence-corrected chi connectivity index (χ4v) is 2.18. The topological polar surface area (TPSA) is 66.4 Å². The van der Waals surface area contributed by atoms with Crippen LogP contribution in [0.4, 0.5) is 0 Å². The normalized spacial score (nSPS) is 16.1. The number of carbonyl (C=O) groups excluding carboxylic acids is 1. The third kappa shape index (κ3) is 4.67. The zero-order valence-electron chi connectivity index (χ0n) is 12.2. The predicted octanol–water partition coefficient (Wildman–Crippen LogP) is 2.67. The van der Waals surface area contributed by atoms with E-state index < -0.39 is 12.0 Å². The first kappa shape index (κ1) is 16.9. The molecule has 4 nitrogen and oxygen atoms in total. The smallest absolute Gasteiger partial charge is 0.326 e. The van der Waals surface area contributed by atoms with Gasteiger partial charge in [0.15, 0.2) is 0 Å². The molecule has 2 N–H and O–H groups in total. The van der Waals surface area contributed by atoms with Crippen LogP contribution in [0, 0.1) is 17.8 Å². The first-order chi connectivity index (χ1) is 8.38.